The van der Waals surface area contributed by atoms with E-state index in [-0.39, 0.29) is 5.91 Å². The maximum atomic E-state index is 12.4. The Hall–Kier alpha value is -2.23. The molecular formula is C16H21N3O. The van der Waals surface area contributed by atoms with Crippen LogP contribution in [-0.2, 0) is 19.9 Å². The highest BCUT2D eigenvalue weighted by Crippen LogP contribution is 2.23. The average molecular weight is 271 g/mol. The van der Waals surface area contributed by atoms with E-state index in [2.05, 4.69) is 19.2 Å². The number of aromatic nitrogens is 1. The summed E-state index contributed by atoms with van der Waals surface area (Å²) in [6.45, 7) is 4.18. The zero-order valence-electron chi connectivity index (χ0n) is 12.2. The van der Waals surface area contributed by atoms with Crippen LogP contribution in [0.1, 0.15) is 35.5 Å². The molecule has 2 aromatic rings. The van der Waals surface area contributed by atoms with Crippen LogP contribution < -0.4 is 11.1 Å². The zero-order chi connectivity index (χ0) is 14.7. The molecule has 0 unspecified atom stereocenters. The smallest absolute Gasteiger partial charge is 0.272 e. The number of nitrogens with two attached hydrogens (primary N) is 1. The minimum atomic E-state index is -0.125. The average Bonchev–Trinajstić information content (AvgIpc) is 2.78. The summed E-state index contributed by atoms with van der Waals surface area (Å²) in [4.78, 5) is 12.4. The molecule has 1 amide bonds. The van der Waals surface area contributed by atoms with Crippen LogP contribution in [0.15, 0.2) is 30.5 Å². The van der Waals surface area contributed by atoms with Crippen molar-refractivity contribution in [3.05, 3.63) is 47.3 Å². The van der Waals surface area contributed by atoms with Gasteiger partial charge in [0.15, 0.2) is 0 Å². The highest BCUT2D eigenvalue weighted by atomic mass is 16.1. The van der Waals surface area contributed by atoms with E-state index in [0.29, 0.717) is 11.4 Å². The predicted octanol–water partition coefficient (Wildman–Crippen LogP) is 2.98. The fourth-order valence-electron chi connectivity index (χ4n) is 2.40. The van der Waals surface area contributed by atoms with Gasteiger partial charge in [-0.2, -0.15) is 0 Å². The fraction of sp³-hybridized carbons (Fsp3) is 0.312. The summed E-state index contributed by atoms with van der Waals surface area (Å²) >= 11 is 0. The van der Waals surface area contributed by atoms with Gasteiger partial charge in [0.2, 0.25) is 0 Å². The van der Waals surface area contributed by atoms with Crippen LogP contribution in [0.3, 0.4) is 0 Å². The Labute approximate surface area is 119 Å². The van der Waals surface area contributed by atoms with Crippen molar-refractivity contribution in [2.45, 2.75) is 26.7 Å². The number of benzene rings is 1. The first kappa shape index (κ1) is 14.2. The second-order valence-corrected chi connectivity index (χ2v) is 4.88. The van der Waals surface area contributed by atoms with Gasteiger partial charge in [0.1, 0.15) is 5.69 Å². The number of amides is 1. The molecule has 0 saturated carbocycles. The fourth-order valence-corrected chi connectivity index (χ4v) is 2.40. The topological polar surface area (TPSA) is 60.1 Å². The van der Waals surface area contributed by atoms with E-state index in [9.17, 15) is 4.79 Å². The van der Waals surface area contributed by atoms with Gasteiger partial charge in [-0.25, -0.2) is 0 Å². The zero-order valence-corrected chi connectivity index (χ0v) is 12.2. The van der Waals surface area contributed by atoms with Crippen molar-refractivity contribution in [2.75, 3.05) is 11.1 Å². The van der Waals surface area contributed by atoms with E-state index < -0.39 is 0 Å². The van der Waals surface area contributed by atoms with Crippen molar-refractivity contribution in [2.24, 2.45) is 7.05 Å². The van der Waals surface area contributed by atoms with E-state index in [1.54, 1.807) is 16.8 Å². The first-order chi connectivity index (χ1) is 9.56. The summed E-state index contributed by atoms with van der Waals surface area (Å²) in [5.74, 6) is -0.125. The van der Waals surface area contributed by atoms with Gasteiger partial charge in [0.25, 0.3) is 5.91 Å². The molecule has 20 heavy (non-hydrogen) atoms. The summed E-state index contributed by atoms with van der Waals surface area (Å²) < 4.78 is 1.74. The van der Waals surface area contributed by atoms with Crippen LogP contribution in [0.2, 0.25) is 0 Å². The predicted molar refractivity (Wildman–Crippen MR) is 83.0 cm³/mol. The van der Waals surface area contributed by atoms with E-state index in [4.69, 9.17) is 5.73 Å². The van der Waals surface area contributed by atoms with Gasteiger partial charge >= 0.3 is 0 Å². The molecular weight excluding hydrogens is 250 g/mol. The number of nitrogens with zero attached hydrogens (tertiary/aromatic N) is 1. The lowest BCUT2D eigenvalue weighted by Crippen LogP contribution is -2.17. The molecule has 0 aliphatic carbocycles. The standard InChI is InChI=1S/C16H21N3O/c1-4-11-7-6-8-12(5-2)15(11)18-16(20)14-9-13(17)10-19(14)3/h6-10H,4-5,17H2,1-3H3,(H,18,20). The minimum absolute atomic E-state index is 0.125. The number of nitrogen functional groups attached to an aromatic ring is 1. The van der Waals surface area contributed by atoms with Crippen LogP contribution in [0.25, 0.3) is 0 Å². The quantitative estimate of drug-likeness (QED) is 0.898. The molecule has 4 nitrogen and oxygen atoms in total. The maximum absolute atomic E-state index is 12.4. The number of nitrogens with one attached hydrogen (secondary N) is 1. The third-order valence-electron chi connectivity index (χ3n) is 3.50. The van der Waals surface area contributed by atoms with Crippen molar-refractivity contribution >= 4 is 17.3 Å². The number of carbonyl (C=O) groups excluding carboxylic acids is 1. The third kappa shape index (κ3) is 2.69. The number of hydrogen-bond donors (Lipinski definition) is 2. The van der Waals surface area contributed by atoms with E-state index in [0.717, 1.165) is 29.7 Å². The molecule has 0 bridgehead atoms. The first-order valence-corrected chi connectivity index (χ1v) is 6.90. The van der Waals surface area contributed by atoms with Crippen molar-refractivity contribution in [1.82, 2.24) is 4.57 Å². The van der Waals surface area contributed by atoms with Gasteiger partial charge in [-0.1, -0.05) is 32.0 Å². The first-order valence-electron chi connectivity index (χ1n) is 6.90. The van der Waals surface area contributed by atoms with Gasteiger partial charge in [-0.05, 0) is 30.0 Å². The Balaban J connectivity index is 2.34. The molecule has 106 valence electrons. The van der Waals surface area contributed by atoms with Gasteiger partial charge in [0.05, 0.1) is 5.69 Å². The Kier molecular flexibility index (Phi) is 4.13. The molecule has 0 spiro atoms. The summed E-state index contributed by atoms with van der Waals surface area (Å²) in [5, 5.41) is 3.04. The Morgan fingerprint density at radius 2 is 1.85 bits per heavy atom. The van der Waals surface area contributed by atoms with Gasteiger partial charge < -0.3 is 15.6 Å². The van der Waals surface area contributed by atoms with Gasteiger partial charge in [-0.3, -0.25) is 4.79 Å². The lowest BCUT2D eigenvalue weighted by atomic mass is 10.0. The molecule has 0 aliphatic rings. The largest absolute Gasteiger partial charge is 0.397 e. The van der Waals surface area contributed by atoms with E-state index in [1.807, 2.05) is 25.2 Å². The molecule has 0 fully saturated rings. The summed E-state index contributed by atoms with van der Waals surface area (Å²) in [6, 6.07) is 7.82. The third-order valence-corrected chi connectivity index (χ3v) is 3.50. The highest BCUT2D eigenvalue weighted by molar-refractivity contribution is 6.04. The van der Waals surface area contributed by atoms with E-state index in [1.165, 1.54) is 0 Å². The molecule has 2 rings (SSSR count). The Morgan fingerprint density at radius 1 is 1.25 bits per heavy atom. The van der Waals surface area contributed by atoms with Crippen molar-refractivity contribution in [3.63, 3.8) is 0 Å². The molecule has 0 radical (unpaired) electrons. The number of anilines is 2. The molecule has 0 aliphatic heterocycles. The summed E-state index contributed by atoms with van der Waals surface area (Å²) in [5.41, 5.74) is 10.1. The highest BCUT2D eigenvalue weighted by Gasteiger charge is 2.14. The second-order valence-electron chi connectivity index (χ2n) is 4.88. The van der Waals surface area contributed by atoms with Gasteiger partial charge in [-0.15, -0.1) is 0 Å². The molecule has 1 heterocycles. The number of rotatable bonds is 4. The Morgan fingerprint density at radius 3 is 2.30 bits per heavy atom. The van der Waals surface area contributed by atoms with Crippen LogP contribution in [-0.4, -0.2) is 10.5 Å². The number of para-hydroxylation sites is 1. The molecule has 0 atom stereocenters. The number of carbonyl (C=O) groups is 1. The normalized spacial score (nSPS) is 10.6. The molecule has 0 saturated heterocycles. The van der Waals surface area contributed by atoms with Crippen LogP contribution in [0.5, 0.6) is 0 Å². The Bertz CT molecular complexity index is 606. The molecule has 3 N–H and O–H groups in total. The van der Waals surface area contributed by atoms with E-state index >= 15 is 0 Å². The lowest BCUT2D eigenvalue weighted by molar-refractivity contribution is 0.101. The molecule has 1 aromatic heterocycles. The SMILES string of the molecule is CCc1cccc(CC)c1NC(=O)c1cc(N)cn1C. The summed E-state index contributed by atoms with van der Waals surface area (Å²) in [7, 11) is 1.82. The van der Waals surface area contributed by atoms with Crippen LogP contribution in [0, 0.1) is 0 Å². The van der Waals surface area contributed by atoms with Crippen molar-refractivity contribution in [1.29, 1.82) is 0 Å². The van der Waals surface area contributed by atoms with Gasteiger partial charge in [0, 0.05) is 18.9 Å². The number of aryl methyl sites for hydroxylation is 3. The minimum Gasteiger partial charge on any atom is -0.397 e. The molecule has 4 heteroatoms. The van der Waals surface area contributed by atoms with Crippen LogP contribution >= 0.6 is 0 Å². The molecule has 1 aromatic carbocycles. The lowest BCUT2D eigenvalue weighted by Gasteiger charge is -2.14. The summed E-state index contributed by atoms with van der Waals surface area (Å²) in [6.07, 6.45) is 3.51. The van der Waals surface area contributed by atoms with Crippen molar-refractivity contribution < 1.29 is 4.79 Å². The number of hydrogen-bond acceptors (Lipinski definition) is 2. The monoisotopic (exact) mass is 271 g/mol. The van der Waals surface area contributed by atoms with Crippen LogP contribution in [0.4, 0.5) is 11.4 Å². The second kappa shape index (κ2) is 5.82. The maximum Gasteiger partial charge on any atom is 0.272 e. The van der Waals surface area contributed by atoms with Crippen molar-refractivity contribution in [3.8, 4) is 0 Å².